The second-order valence-corrected chi connectivity index (χ2v) is 4.34. The van der Waals surface area contributed by atoms with Crippen LogP contribution in [0.2, 0.25) is 0 Å². The monoisotopic (exact) mass is 266 g/mol. The Morgan fingerprint density at radius 3 is 2.58 bits per heavy atom. The second-order valence-electron chi connectivity index (χ2n) is 4.34. The van der Waals surface area contributed by atoms with E-state index >= 15 is 0 Å². The minimum atomic E-state index is -1.09. The van der Waals surface area contributed by atoms with E-state index in [1.54, 1.807) is 0 Å². The molecule has 0 bridgehead atoms. The number of aliphatic hydroxyl groups is 1. The quantitative estimate of drug-likeness (QED) is 0.235. The molecule has 1 rings (SSSR count). The van der Waals surface area contributed by atoms with Crippen LogP contribution in [0.4, 0.5) is 0 Å². The molecule has 0 aromatic heterocycles. The largest absolute Gasteiger partial charge is 0.388 e. The van der Waals surface area contributed by atoms with Crippen LogP contribution in [0.25, 0.3) is 0 Å². The summed E-state index contributed by atoms with van der Waals surface area (Å²) >= 11 is 0. The molecule has 1 N–H and O–H groups in total. The summed E-state index contributed by atoms with van der Waals surface area (Å²) in [6.45, 7) is 11.1. The second kappa shape index (κ2) is 7.01. The first-order valence-electron chi connectivity index (χ1n) is 5.99. The molecule has 1 saturated heterocycles. The Morgan fingerprint density at radius 1 is 1.42 bits per heavy atom. The topological polar surface area (TPSA) is 76.1 Å². The highest BCUT2D eigenvalue weighted by atomic mass is 16.6. The molecule has 0 amide bonds. The lowest BCUT2D eigenvalue weighted by atomic mass is 10.1. The van der Waals surface area contributed by atoms with E-state index in [0.717, 1.165) is 0 Å². The van der Waals surface area contributed by atoms with Crippen molar-refractivity contribution in [1.29, 1.82) is 0 Å². The van der Waals surface area contributed by atoms with Crippen LogP contribution in [-0.4, -0.2) is 35.9 Å². The average molecular weight is 266 g/mol. The summed E-state index contributed by atoms with van der Waals surface area (Å²) in [6.07, 6.45) is 1.80. The van der Waals surface area contributed by atoms with E-state index in [1.165, 1.54) is 6.08 Å². The number of hydrogen-bond donors (Lipinski definition) is 1. The first-order valence-corrected chi connectivity index (χ1v) is 5.99. The zero-order valence-electron chi connectivity index (χ0n) is 10.8. The smallest absolute Gasteiger partial charge is 0.343 e. The van der Waals surface area contributed by atoms with Gasteiger partial charge in [-0.3, -0.25) is 0 Å². The number of ether oxygens (including phenoxy) is 2. The van der Waals surface area contributed by atoms with Gasteiger partial charge < -0.3 is 14.6 Å². The molecule has 5 nitrogen and oxygen atoms in total. The SMILES string of the molecule is C=CCC(O)C(=C)C(=O)OC(=O)C(=C)CCC1CO1. The van der Waals surface area contributed by atoms with Crippen molar-refractivity contribution in [3.63, 3.8) is 0 Å². The van der Waals surface area contributed by atoms with Crippen LogP contribution in [-0.2, 0) is 19.1 Å². The molecule has 1 fully saturated rings. The van der Waals surface area contributed by atoms with Crippen LogP contribution in [0.5, 0.6) is 0 Å². The molecule has 1 aliphatic rings. The molecule has 19 heavy (non-hydrogen) atoms. The fourth-order valence-corrected chi connectivity index (χ4v) is 1.33. The molecule has 1 aliphatic heterocycles. The lowest BCUT2D eigenvalue weighted by Crippen LogP contribution is -2.22. The maximum Gasteiger partial charge on any atom is 0.343 e. The average Bonchev–Trinajstić information content (AvgIpc) is 3.18. The molecule has 0 radical (unpaired) electrons. The fourth-order valence-electron chi connectivity index (χ4n) is 1.33. The Balaban J connectivity index is 2.36. The van der Waals surface area contributed by atoms with E-state index in [2.05, 4.69) is 24.5 Å². The van der Waals surface area contributed by atoms with Crippen LogP contribution in [0.1, 0.15) is 19.3 Å². The Hall–Kier alpha value is -1.72. The first kappa shape index (κ1) is 15.3. The number of hydrogen-bond acceptors (Lipinski definition) is 5. The first-order chi connectivity index (χ1) is 8.95. The Morgan fingerprint density at radius 2 is 2.05 bits per heavy atom. The van der Waals surface area contributed by atoms with Gasteiger partial charge in [0.2, 0.25) is 0 Å². The van der Waals surface area contributed by atoms with Crippen molar-refractivity contribution in [2.45, 2.75) is 31.5 Å². The maximum absolute atomic E-state index is 11.5. The van der Waals surface area contributed by atoms with Crippen molar-refractivity contribution in [3.05, 3.63) is 37.0 Å². The molecule has 0 saturated carbocycles. The van der Waals surface area contributed by atoms with E-state index in [-0.39, 0.29) is 23.7 Å². The van der Waals surface area contributed by atoms with Crippen LogP contribution >= 0.6 is 0 Å². The van der Waals surface area contributed by atoms with Crippen molar-refractivity contribution in [2.24, 2.45) is 0 Å². The number of carbonyl (C=O) groups excluding carboxylic acids is 2. The predicted molar refractivity (Wildman–Crippen MR) is 69.2 cm³/mol. The predicted octanol–water partition coefficient (Wildman–Crippen LogP) is 1.28. The molecule has 2 atom stereocenters. The van der Waals surface area contributed by atoms with Gasteiger partial charge in [-0.15, -0.1) is 6.58 Å². The molecule has 0 aliphatic carbocycles. The molecular formula is C14H18O5. The van der Waals surface area contributed by atoms with Gasteiger partial charge in [0, 0.05) is 5.57 Å². The summed E-state index contributed by atoms with van der Waals surface area (Å²) in [4.78, 5) is 23.1. The van der Waals surface area contributed by atoms with Crippen molar-refractivity contribution in [2.75, 3.05) is 6.61 Å². The Bertz CT molecular complexity index is 406. The summed E-state index contributed by atoms with van der Waals surface area (Å²) in [5.41, 5.74) is 0.0291. The van der Waals surface area contributed by atoms with E-state index < -0.39 is 18.0 Å². The highest BCUT2D eigenvalue weighted by molar-refractivity contribution is 6.01. The van der Waals surface area contributed by atoms with E-state index in [1.807, 2.05) is 0 Å². The third-order valence-electron chi connectivity index (χ3n) is 2.70. The number of rotatable bonds is 8. The third kappa shape index (κ3) is 5.19. The molecule has 5 heteroatoms. The highest BCUT2D eigenvalue weighted by Gasteiger charge is 2.25. The van der Waals surface area contributed by atoms with Crippen molar-refractivity contribution in [3.8, 4) is 0 Å². The van der Waals surface area contributed by atoms with Crippen LogP contribution in [0.3, 0.4) is 0 Å². The number of aliphatic hydroxyl groups excluding tert-OH is 1. The molecule has 0 aromatic carbocycles. The van der Waals surface area contributed by atoms with Crippen LogP contribution in [0, 0.1) is 0 Å². The minimum Gasteiger partial charge on any atom is -0.388 e. The summed E-state index contributed by atoms with van der Waals surface area (Å²) in [5.74, 6) is -1.74. The third-order valence-corrected chi connectivity index (χ3v) is 2.70. The van der Waals surface area contributed by atoms with E-state index in [9.17, 15) is 14.7 Å². The normalized spacial score (nSPS) is 18.3. The standard InChI is InChI=1S/C14H18O5/c1-4-5-12(15)10(3)14(17)19-13(16)9(2)6-7-11-8-18-11/h4,11-12,15H,1-3,5-8H2. The lowest BCUT2D eigenvalue weighted by Gasteiger charge is -2.10. The zero-order valence-corrected chi connectivity index (χ0v) is 10.8. The van der Waals surface area contributed by atoms with Crippen LogP contribution < -0.4 is 0 Å². The summed E-state index contributed by atoms with van der Waals surface area (Å²) in [6, 6.07) is 0. The Labute approximate surface area is 112 Å². The summed E-state index contributed by atoms with van der Waals surface area (Å²) in [7, 11) is 0. The van der Waals surface area contributed by atoms with Crippen molar-refractivity contribution < 1.29 is 24.2 Å². The molecule has 0 aromatic rings. The van der Waals surface area contributed by atoms with Gasteiger partial charge in [0.05, 0.1) is 24.4 Å². The molecule has 2 unspecified atom stereocenters. The van der Waals surface area contributed by atoms with Gasteiger partial charge in [0.1, 0.15) is 0 Å². The van der Waals surface area contributed by atoms with Gasteiger partial charge in [-0.2, -0.15) is 0 Å². The van der Waals surface area contributed by atoms with Gasteiger partial charge in [-0.05, 0) is 19.3 Å². The van der Waals surface area contributed by atoms with Crippen molar-refractivity contribution in [1.82, 2.24) is 0 Å². The van der Waals surface area contributed by atoms with Gasteiger partial charge in [0.15, 0.2) is 0 Å². The minimum absolute atomic E-state index is 0.169. The molecule has 1 heterocycles. The van der Waals surface area contributed by atoms with Crippen LogP contribution in [0.15, 0.2) is 37.0 Å². The van der Waals surface area contributed by atoms with Crippen molar-refractivity contribution >= 4 is 11.9 Å². The molecule has 0 spiro atoms. The van der Waals surface area contributed by atoms with E-state index in [4.69, 9.17) is 4.74 Å². The van der Waals surface area contributed by atoms with Gasteiger partial charge in [-0.1, -0.05) is 19.2 Å². The number of epoxide rings is 1. The fraction of sp³-hybridized carbons (Fsp3) is 0.429. The van der Waals surface area contributed by atoms with E-state index in [0.29, 0.717) is 19.4 Å². The Kier molecular flexibility index (Phi) is 5.66. The summed E-state index contributed by atoms with van der Waals surface area (Å²) < 4.78 is 9.58. The molecular weight excluding hydrogens is 248 g/mol. The van der Waals surface area contributed by atoms with Gasteiger partial charge in [-0.25, -0.2) is 9.59 Å². The van der Waals surface area contributed by atoms with Gasteiger partial charge >= 0.3 is 11.9 Å². The zero-order chi connectivity index (χ0) is 14.4. The lowest BCUT2D eigenvalue weighted by molar-refractivity contribution is -0.154. The molecule has 104 valence electrons. The summed E-state index contributed by atoms with van der Waals surface area (Å²) in [5, 5.41) is 9.50. The number of esters is 2. The van der Waals surface area contributed by atoms with Gasteiger partial charge in [0.25, 0.3) is 0 Å². The maximum atomic E-state index is 11.5. The number of carbonyl (C=O) groups is 2. The highest BCUT2D eigenvalue weighted by Crippen LogP contribution is 2.19.